The zero-order valence-electron chi connectivity index (χ0n) is 8.77. The highest BCUT2D eigenvalue weighted by atomic mass is 32.2. The molecule has 0 bridgehead atoms. The third-order valence-electron chi connectivity index (χ3n) is 2.24. The third kappa shape index (κ3) is 3.14. The van der Waals surface area contributed by atoms with Crippen molar-refractivity contribution in [2.75, 3.05) is 12.0 Å². The molecule has 1 heterocycles. The minimum absolute atomic E-state index is 0.187. The Morgan fingerprint density at radius 3 is 2.64 bits per heavy atom. The lowest BCUT2D eigenvalue weighted by molar-refractivity contribution is 0.514. The van der Waals surface area contributed by atoms with E-state index in [-0.39, 0.29) is 11.8 Å². The normalized spacial score (nSPS) is 14.2. The van der Waals surface area contributed by atoms with Crippen LogP contribution in [-0.4, -0.2) is 30.0 Å². The lowest BCUT2D eigenvalue weighted by atomic mass is 10.2. The molecular formula is C9H16N2O2S. The van der Waals surface area contributed by atoms with Crippen LogP contribution < -0.4 is 0 Å². The van der Waals surface area contributed by atoms with Crippen LogP contribution in [0.4, 0.5) is 0 Å². The topological polar surface area (TPSA) is 52.0 Å². The van der Waals surface area contributed by atoms with Crippen molar-refractivity contribution in [3.8, 4) is 0 Å². The zero-order valence-corrected chi connectivity index (χ0v) is 9.58. The maximum atomic E-state index is 11.0. The van der Waals surface area contributed by atoms with Crippen LogP contribution in [0.2, 0.25) is 0 Å². The minimum Gasteiger partial charge on any atom is -0.332 e. The minimum atomic E-state index is -2.86. The predicted molar refractivity (Wildman–Crippen MR) is 56.0 cm³/mol. The SMILES string of the molecule is Cc1cncn1C(C)CCS(C)(=O)=O. The summed E-state index contributed by atoms with van der Waals surface area (Å²) in [5.74, 6) is 0.228. The first-order valence-electron chi connectivity index (χ1n) is 4.56. The van der Waals surface area contributed by atoms with Crippen molar-refractivity contribution in [3.05, 3.63) is 18.2 Å². The molecule has 1 unspecified atom stereocenters. The van der Waals surface area contributed by atoms with Gasteiger partial charge in [0.1, 0.15) is 9.84 Å². The van der Waals surface area contributed by atoms with Gasteiger partial charge < -0.3 is 4.57 Å². The molecule has 0 amide bonds. The molecule has 0 N–H and O–H groups in total. The Hall–Kier alpha value is -0.840. The van der Waals surface area contributed by atoms with Crippen molar-refractivity contribution in [1.82, 2.24) is 9.55 Å². The van der Waals surface area contributed by atoms with E-state index in [2.05, 4.69) is 4.98 Å². The van der Waals surface area contributed by atoms with Crippen LogP contribution in [0.15, 0.2) is 12.5 Å². The molecule has 0 spiro atoms. The van der Waals surface area contributed by atoms with Crippen molar-refractivity contribution in [1.29, 1.82) is 0 Å². The molecule has 0 aliphatic heterocycles. The van der Waals surface area contributed by atoms with Gasteiger partial charge in [-0.25, -0.2) is 13.4 Å². The lowest BCUT2D eigenvalue weighted by Gasteiger charge is -2.14. The molecule has 80 valence electrons. The smallest absolute Gasteiger partial charge is 0.147 e. The first kappa shape index (κ1) is 11.2. The Labute approximate surface area is 84.9 Å². The van der Waals surface area contributed by atoms with Gasteiger partial charge in [-0.2, -0.15) is 0 Å². The fraction of sp³-hybridized carbons (Fsp3) is 0.667. The van der Waals surface area contributed by atoms with Crippen LogP contribution in [-0.2, 0) is 9.84 Å². The molecule has 0 saturated carbocycles. The van der Waals surface area contributed by atoms with Crippen LogP contribution >= 0.6 is 0 Å². The van der Waals surface area contributed by atoms with E-state index in [0.717, 1.165) is 5.69 Å². The summed E-state index contributed by atoms with van der Waals surface area (Å²) in [6, 6.07) is 0.187. The summed E-state index contributed by atoms with van der Waals surface area (Å²) in [6.45, 7) is 3.96. The van der Waals surface area contributed by atoms with Gasteiger partial charge in [0.2, 0.25) is 0 Å². The Morgan fingerprint density at radius 1 is 1.57 bits per heavy atom. The summed E-state index contributed by atoms with van der Waals surface area (Å²) in [4.78, 5) is 4.00. The maximum Gasteiger partial charge on any atom is 0.147 e. The molecule has 1 atom stereocenters. The van der Waals surface area contributed by atoms with Crippen molar-refractivity contribution in [2.24, 2.45) is 0 Å². The van der Waals surface area contributed by atoms with Gasteiger partial charge in [0.05, 0.1) is 12.1 Å². The number of hydrogen-bond acceptors (Lipinski definition) is 3. The number of nitrogens with zero attached hydrogens (tertiary/aromatic N) is 2. The van der Waals surface area contributed by atoms with E-state index in [0.29, 0.717) is 6.42 Å². The molecule has 14 heavy (non-hydrogen) atoms. The van der Waals surface area contributed by atoms with Gasteiger partial charge in [-0.05, 0) is 20.3 Å². The second-order valence-corrected chi connectivity index (χ2v) is 5.97. The first-order valence-corrected chi connectivity index (χ1v) is 6.62. The van der Waals surface area contributed by atoms with Crippen molar-refractivity contribution in [2.45, 2.75) is 26.3 Å². The zero-order chi connectivity index (χ0) is 10.8. The van der Waals surface area contributed by atoms with E-state index in [4.69, 9.17) is 0 Å². The summed E-state index contributed by atoms with van der Waals surface area (Å²) < 4.78 is 23.9. The Morgan fingerprint density at radius 2 is 2.21 bits per heavy atom. The monoisotopic (exact) mass is 216 g/mol. The lowest BCUT2D eigenvalue weighted by Crippen LogP contribution is -2.12. The van der Waals surface area contributed by atoms with Crippen LogP contribution in [0, 0.1) is 6.92 Å². The molecule has 1 rings (SSSR count). The number of rotatable bonds is 4. The van der Waals surface area contributed by atoms with Crippen molar-refractivity contribution in [3.63, 3.8) is 0 Å². The Bertz CT molecular complexity index is 395. The largest absolute Gasteiger partial charge is 0.332 e. The third-order valence-corrected chi connectivity index (χ3v) is 3.22. The number of aromatic nitrogens is 2. The molecular weight excluding hydrogens is 200 g/mol. The molecule has 0 aliphatic carbocycles. The average Bonchev–Trinajstić information content (AvgIpc) is 2.46. The fourth-order valence-electron chi connectivity index (χ4n) is 1.36. The second-order valence-electron chi connectivity index (χ2n) is 3.71. The molecule has 0 saturated heterocycles. The van der Waals surface area contributed by atoms with Gasteiger partial charge in [-0.1, -0.05) is 0 Å². The van der Waals surface area contributed by atoms with E-state index < -0.39 is 9.84 Å². The highest BCUT2D eigenvalue weighted by Crippen LogP contribution is 2.13. The van der Waals surface area contributed by atoms with Crippen LogP contribution in [0.3, 0.4) is 0 Å². The summed E-state index contributed by atoms with van der Waals surface area (Å²) in [6.07, 6.45) is 5.41. The summed E-state index contributed by atoms with van der Waals surface area (Å²) >= 11 is 0. The van der Waals surface area contributed by atoms with Crippen molar-refractivity contribution >= 4 is 9.84 Å². The van der Waals surface area contributed by atoms with Crippen molar-refractivity contribution < 1.29 is 8.42 Å². The van der Waals surface area contributed by atoms with Crippen LogP contribution in [0.25, 0.3) is 0 Å². The molecule has 5 heteroatoms. The molecule has 0 aliphatic rings. The highest BCUT2D eigenvalue weighted by Gasteiger charge is 2.10. The maximum absolute atomic E-state index is 11.0. The second kappa shape index (κ2) is 4.13. The molecule has 0 fully saturated rings. The van der Waals surface area contributed by atoms with E-state index in [1.165, 1.54) is 6.26 Å². The molecule has 1 aromatic rings. The fourth-order valence-corrected chi connectivity index (χ4v) is 2.13. The Kier molecular flexibility index (Phi) is 3.31. The summed E-state index contributed by atoms with van der Waals surface area (Å²) in [5.41, 5.74) is 1.06. The molecule has 1 aromatic heterocycles. The van der Waals surface area contributed by atoms with Crippen LogP contribution in [0.1, 0.15) is 25.1 Å². The standard InChI is InChI=1S/C9H16N2O2S/c1-8(4-5-14(3,12)13)11-7-10-6-9(11)2/h6-8H,4-5H2,1-3H3. The number of sulfone groups is 1. The molecule has 4 nitrogen and oxygen atoms in total. The number of aryl methyl sites for hydroxylation is 1. The van der Waals surface area contributed by atoms with Gasteiger partial charge in [0.15, 0.2) is 0 Å². The molecule has 0 aromatic carbocycles. The van der Waals surface area contributed by atoms with E-state index in [1.54, 1.807) is 12.5 Å². The van der Waals surface area contributed by atoms with E-state index in [9.17, 15) is 8.42 Å². The quantitative estimate of drug-likeness (QED) is 0.759. The summed E-state index contributed by atoms with van der Waals surface area (Å²) in [7, 11) is -2.86. The first-order chi connectivity index (χ1) is 6.40. The highest BCUT2D eigenvalue weighted by molar-refractivity contribution is 7.90. The Balaban J connectivity index is 2.60. The van der Waals surface area contributed by atoms with Gasteiger partial charge >= 0.3 is 0 Å². The van der Waals surface area contributed by atoms with Gasteiger partial charge in [-0.15, -0.1) is 0 Å². The van der Waals surface area contributed by atoms with E-state index in [1.807, 2.05) is 18.4 Å². The average molecular weight is 216 g/mol. The predicted octanol–water partition coefficient (Wildman–Crippen LogP) is 1.19. The van der Waals surface area contributed by atoms with E-state index >= 15 is 0 Å². The number of hydrogen-bond donors (Lipinski definition) is 0. The van der Waals surface area contributed by atoms with Gasteiger partial charge in [-0.3, -0.25) is 0 Å². The van der Waals surface area contributed by atoms with Gasteiger partial charge in [0, 0.05) is 24.2 Å². The van der Waals surface area contributed by atoms with Crippen LogP contribution in [0.5, 0.6) is 0 Å². The number of imidazole rings is 1. The molecule has 0 radical (unpaired) electrons. The summed E-state index contributed by atoms with van der Waals surface area (Å²) in [5, 5.41) is 0. The van der Waals surface area contributed by atoms with Gasteiger partial charge in [0.25, 0.3) is 0 Å².